The highest BCUT2D eigenvalue weighted by Crippen LogP contribution is 2.27. The monoisotopic (exact) mass is 261 g/mol. The third-order valence-corrected chi connectivity index (χ3v) is 3.50. The molecule has 5 heteroatoms. The molecule has 0 saturated heterocycles. The first kappa shape index (κ1) is 13.9. The molecule has 1 atom stereocenters. The lowest BCUT2D eigenvalue weighted by atomic mass is 10.1. The summed E-state index contributed by atoms with van der Waals surface area (Å²) in [5, 5.41) is 8.41. The molecule has 0 aliphatic rings. The van der Waals surface area contributed by atoms with Gasteiger partial charge in [0.1, 0.15) is 0 Å². The minimum atomic E-state index is 0.282. The molecule has 0 aliphatic heterocycles. The van der Waals surface area contributed by atoms with Crippen molar-refractivity contribution in [2.45, 2.75) is 32.4 Å². The van der Waals surface area contributed by atoms with Crippen LogP contribution in [0, 0.1) is 0 Å². The van der Waals surface area contributed by atoms with Crippen LogP contribution in [0.3, 0.4) is 0 Å². The molecule has 92 valence electrons. The van der Waals surface area contributed by atoms with Crippen molar-refractivity contribution in [2.24, 2.45) is 0 Å². The van der Waals surface area contributed by atoms with Gasteiger partial charge in [-0.2, -0.15) is 16.9 Å². The summed E-state index contributed by atoms with van der Waals surface area (Å²) in [6.45, 7) is 4.24. The van der Waals surface area contributed by atoms with E-state index in [0.29, 0.717) is 6.04 Å². The normalized spacial score (nSPS) is 13.4. The van der Waals surface area contributed by atoms with Crippen molar-refractivity contribution < 1.29 is 0 Å². The first-order chi connectivity index (χ1) is 7.61. The van der Waals surface area contributed by atoms with Crippen LogP contribution < -0.4 is 5.32 Å². The van der Waals surface area contributed by atoms with Crippen LogP contribution in [-0.2, 0) is 0 Å². The molecule has 0 bridgehead atoms. The van der Waals surface area contributed by atoms with E-state index in [-0.39, 0.29) is 6.04 Å². The Hall–Kier alpha value is -0.190. The fourth-order valence-electron chi connectivity index (χ4n) is 1.74. The molecule has 0 aromatic carbocycles. The lowest BCUT2D eigenvalue weighted by molar-refractivity contribution is 0.457. The van der Waals surface area contributed by atoms with E-state index in [4.69, 9.17) is 11.6 Å². The van der Waals surface area contributed by atoms with Gasteiger partial charge in [0.15, 0.2) is 0 Å². The lowest BCUT2D eigenvalue weighted by Crippen LogP contribution is -2.22. The van der Waals surface area contributed by atoms with E-state index >= 15 is 0 Å². The Morgan fingerprint density at radius 2 is 2.25 bits per heavy atom. The number of halogens is 1. The van der Waals surface area contributed by atoms with E-state index in [1.807, 2.05) is 23.5 Å². The van der Waals surface area contributed by atoms with E-state index in [9.17, 15) is 0 Å². The molecule has 1 aromatic rings. The maximum atomic E-state index is 6.21. The van der Waals surface area contributed by atoms with Crippen molar-refractivity contribution in [1.82, 2.24) is 15.1 Å². The quantitative estimate of drug-likeness (QED) is 0.853. The average molecular weight is 262 g/mol. The number of aromatic nitrogens is 2. The van der Waals surface area contributed by atoms with E-state index in [2.05, 4.69) is 30.5 Å². The Balaban J connectivity index is 2.93. The number of thioether (sulfide) groups is 1. The van der Waals surface area contributed by atoms with Gasteiger partial charge in [0.05, 0.1) is 23.0 Å². The Labute approximate surface area is 107 Å². The first-order valence-corrected chi connectivity index (χ1v) is 7.28. The zero-order chi connectivity index (χ0) is 12.1. The Bertz CT molecular complexity index is 325. The minimum Gasteiger partial charge on any atom is -0.312 e. The second kappa shape index (κ2) is 6.52. The number of nitrogens with zero attached hydrogens (tertiary/aromatic N) is 2. The van der Waals surface area contributed by atoms with Gasteiger partial charge >= 0.3 is 0 Å². The van der Waals surface area contributed by atoms with Crippen LogP contribution in [0.15, 0.2) is 6.20 Å². The summed E-state index contributed by atoms with van der Waals surface area (Å²) < 4.78 is 2.00. The molecule has 1 aromatic heterocycles. The summed E-state index contributed by atoms with van der Waals surface area (Å²) in [5.74, 6) is 1.12. The van der Waals surface area contributed by atoms with Crippen LogP contribution in [0.4, 0.5) is 0 Å². The fourth-order valence-corrected chi connectivity index (χ4v) is 2.48. The number of nitrogens with one attached hydrogen (secondary N) is 1. The van der Waals surface area contributed by atoms with E-state index < -0.39 is 0 Å². The highest BCUT2D eigenvalue weighted by atomic mass is 35.5. The summed E-state index contributed by atoms with van der Waals surface area (Å²) in [6, 6.07) is 0.623. The highest BCUT2D eigenvalue weighted by Gasteiger charge is 2.19. The van der Waals surface area contributed by atoms with Gasteiger partial charge in [-0.15, -0.1) is 0 Å². The third kappa shape index (κ3) is 3.15. The number of rotatable bonds is 6. The number of hydrogen-bond acceptors (Lipinski definition) is 3. The standard InChI is InChI=1S/C11H20ClN3S/c1-8(2)15-11(9(12)7-14-15)10(13-3)5-6-16-4/h7-8,10,13H,5-6H2,1-4H3. The molecule has 1 unspecified atom stereocenters. The van der Waals surface area contributed by atoms with Crippen LogP contribution in [-0.4, -0.2) is 28.8 Å². The summed E-state index contributed by atoms with van der Waals surface area (Å²) in [7, 11) is 1.97. The van der Waals surface area contributed by atoms with Crippen molar-refractivity contribution in [3.05, 3.63) is 16.9 Å². The van der Waals surface area contributed by atoms with Crippen LogP contribution in [0.1, 0.15) is 38.0 Å². The number of hydrogen-bond donors (Lipinski definition) is 1. The molecule has 0 amide bonds. The maximum Gasteiger partial charge on any atom is 0.0834 e. The Morgan fingerprint density at radius 1 is 1.56 bits per heavy atom. The van der Waals surface area contributed by atoms with Gasteiger partial charge < -0.3 is 5.32 Å². The molecule has 0 radical (unpaired) electrons. The largest absolute Gasteiger partial charge is 0.312 e. The van der Waals surface area contributed by atoms with Gasteiger partial charge in [-0.05, 0) is 39.3 Å². The summed E-state index contributed by atoms with van der Waals surface area (Å²) >= 11 is 8.06. The van der Waals surface area contributed by atoms with Crippen molar-refractivity contribution in [1.29, 1.82) is 0 Å². The molecule has 1 rings (SSSR count). The second-order valence-electron chi connectivity index (χ2n) is 4.04. The van der Waals surface area contributed by atoms with Crippen molar-refractivity contribution >= 4 is 23.4 Å². The van der Waals surface area contributed by atoms with Crippen LogP contribution in [0.5, 0.6) is 0 Å². The molecule has 1 heterocycles. The highest BCUT2D eigenvalue weighted by molar-refractivity contribution is 7.98. The van der Waals surface area contributed by atoms with Gasteiger partial charge in [-0.25, -0.2) is 0 Å². The zero-order valence-electron chi connectivity index (χ0n) is 10.3. The van der Waals surface area contributed by atoms with Crippen molar-refractivity contribution in [2.75, 3.05) is 19.1 Å². The average Bonchev–Trinajstić information content (AvgIpc) is 2.62. The van der Waals surface area contributed by atoms with E-state index in [1.54, 1.807) is 6.20 Å². The molecule has 0 spiro atoms. The van der Waals surface area contributed by atoms with Gasteiger partial charge in [0, 0.05) is 6.04 Å². The third-order valence-electron chi connectivity index (χ3n) is 2.57. The van der Waals surface area contributed by atoms with Crippen LogP contribution in [0.25, 0.3) is 0 Å². The maximum absolute atomic E-state index is 6.21. The summed E-state index contributed by atoms with van der Waals surface area (Å²) in [4.78, 5) is 0. The molecule has 0 saturated carbocycles. The van der Waals surface area contributed by atoms with Crippen molar-refractivity contribution in [3.63, 3.8) is 0 Å². The van der Waals surface area contributed by atoms with E-state index in [1.165, 1.54) is 0 Å². The zero-order valence-corrected chi connectivity index (χ0v) is 11.9. The predicted octanol–water partition coefficient (Wildman–Crippen LogP) is 3.13. The fraction of sp³-hybridized carbons (Fsp3) is 0.727. The summed E-state index contributed by atoms with van der Waals surface area (Å²) in [6.07, 6.45) is 4.92. The van der Waals surface area contributed by atoms with Crippen LogP contribution in [0.2, 0.25) is 5.02 Å². The minimum absolute atomic E-state index is 0.282. The molecular weight excluding hydrogens is 242 g/mol. The molecule has 1 N–H and O–H groups in total. The molecule has 0 fully saturated rings. The van der Waals surface area contributed by atoms with Crippen molar-refractivity contribution in [3.8, 4) is 0 Å². The molecule has 0 aliphatic carbocycles. The van der Waals surface area contributed by atoms with Crippen LogP contribution >= 0.6 is 23.4 Å². The van der Waals surface area contributed by atoms with Gasteiger partial charge in [-0.1, -0.05) is 11.6 Å². The molecule has 16 heavy (non-hydrogen) atoms. The predicted molar refractivity (Wildman–Crippen MR) is 72.4 cm³/mol. The summed E-state index contributed by atoms with van der Waals surface area (Å²) in [5.41, 5.74) is 1.10. The van der Waals surface area contributed by atoms with Gasteiger partial charge in [0.2, 0.25) is 0 Å². The topological polar surface area (TPSA) is 29.9 Å². The Morgan fingerprint density at radius 3 is 2.75 bits per heavy atom. The Kier molecular flexibility index (Phi) is 5.66. The van der Waals surface area contributed by atoms with Gasteiger partial charge in [0.25, 0.3) is 0 Å². The second-order valence-corrected chi connectivity index (χ2v) is 5.43. The first-order valence-electron chi connectivity index (χ1n) is 5.50. The van der Waals surface area contributed by atoms with E-state index in [0.717, 1.165) is 22.9 Å². The smallest absolute Gasteiger partial charge is 0.0834 e. The molecule has 3 nitrogen and oxygen atoms in total. The van der Waals surface area contributed by atoms with Gasteiger partial charge in [-0.3, -0.25) is 4.68 Å². The SMILES string of the molecule is CNC(CCSC)c1c(Cl)cnn1C(C)C. The lowest BCUT2D eigenvalue weighted by Gasteiger charge is -2.20. The molecular formula is C11H20ClN3S.